The first-order chi connectivity index (χ1) is 14.3. The van der Waals surface area contributed by atoms with Crippen LogP contribution in [0.4, 0.5) is 0 Å². The Morgan fingerprint density at radius 2 is 1.84 bits per heavy atom. The van der Waals surface area contributed by atoms with Gasteiger partial charge in [0.1, 0.15) is 11.6 Å². The predicted octanol–water partition coefficient (Wildman–Crippen LogP) is 6.42. The van der Waals surface area contributed by atoms with E-state index >= 15 is 0 Å². The molecule has 0 unspecified atom stereocenters. The number of ether oxygens (including phenoxy) is 1. The van der Waals surface area contributed by atoms with E-state index in [4.69, 9.17) is 21.3 Å². The van der Waals surface area contributed by atoms with Gasteiger partial charge < -0.3 is 4.74 Å². The van der Waals surface area contributed by atoms with Crippen molar-refractivity contribution >= 4 is 44.6 Å². The van der Waals surface area contributed by atoms with Crippen LogP contribution in [0.3, 0.4) is 0 Å². The van der Waals surface area contributed by atoms with Crippen LogP contribution >= 0.6 is 27.5 Å². The standard InChI is InChI=1S/C24H27BrClN3O2/c1-23(2,3)14-31-20-10-7-15(11-18(20)26)13-27-29-21(30)17-12-16(25)8-9-19(17)28-22(29)24(4,5)6/h7-13H,14H2,1-6H3. The summed E-state index contributed by atoms with van der Waals surface area (Å²) in [5, 5.41) is 5.48. The summed E-state index contributed by atoms with van der Waals surface area (Å²) in [6.07, 6.45) is 1.61. The van der Waals surface area contributed by atoms with Crippen LogP contribution in [0.2, 0.25) is 5.02 Å². The quantitative estimate of drug-likeness (QED) is 0.385. The molecule has 5 nitrogen and oxygen atoms in total. The van der Waals surface area contributed by atoms with Gasteiger partial charge in [0, 0.05) is 9.89 Å². The topological polar surface area (TPSA) is 56.5 Å². The van der Waals surface area contributed by atoms with Crippen molar-refractivity contribution in [3.63, 3.8) is 0 Å². The lowest BCUT2D eigenvalue weighted by Crippen LogP contribution is -2.29. The predicted molar refractivity (Wildman–Crippen MR) is 132 cm³/mol. The van der Waals surface area contributed by atoms with E-state index in [1.165, 1.54) is 4.68 Å². The molecule has 31 heavy (non-hydrogen) atoms. The molecule has 164 valence electrons. The molecule has 3 aromatic rings. The van der Waals surface area contributed by atoms with Gasteiger partial charge in [0.2, 0.25) is 0 Å². The minimum Gasteiger partial charge on any atom is -0.491 e. The Morgan fingerprint density at radius 3 is 2.45 bits per heavy atom. The van der Waals surface area contributed by atoms with Crippen molar-refractivity contribution in [3.8, 4) is 5.75 Å². The van der Waals surface area contributed by atoms with Gasteiger partial charge in [0.05, 0.1) is 28.7 Å². The van der Waals surface area contributed by atoms with Gasteiger partial charge in [0.25, 0.3) is 5.56 Å². The third-order valence-electron chi connectivity index (χ3n) is 4.42. The Balaban J connectivity index is 2.01. The van der Waals surface area contributed by atoms with Gasteiger partial charge >= 0.3 is 0 Å². The van der Waals surface area contributed by atoms with Crippen LogP contribution in [0.15, 0.2) is 50.8 Å². The Labute approximate surface area is 196 Å². The van der Waals surface area contributed by atoms with Gasteiger partial charge in [-0.25, -0.2) is 4.98 Å². The van der Waals surface area contributed by atoms with Crippen molar-refractivity contribution in [2.45, 2.75) is 47.0 Å². The fourth-order valence-electron chi connectivity index (χ4n) is 2.87. The van der Waals surface area contributed by atoms with Gasteiger partial charge in [-0.1, -0.05) is 69.1 Å². The maximum atomic E-state index is 13.2. The van der Waals surface area contributed by atoms with Crippen LogP contribution in [0.5, 0.6) is 5.75 Å². The highest BCUT2D eigenvalue weighted by Gasteiger charge is 2.23. The van der Waals surface area contributed by atoms with Gasteiger partial charge in [0.15, 0.2) is 0 Å². The van der Waals surface area contributed by atoms with Crippen molar-refractivity contribution in [3.05, 3.63) is 67.6 Å². The van der Waals surface area contributed by atoms with Crippen molar-refractivity contribution in [1.82, 2.24) is 9.66 Å². The number of fused-ring (bicyclic) bond motifs is 1. The average Bonchev–Trinajstić information content (AvgIpc) is 2.65. The largest absolute Gasteiger partial charge is 0.491 e. The first-order valence-corrected chi connectivity index (χ1v) is 11.2. The number of halogens is 2. The zero-order valence-electron chi connectivity index (χ0n) is 18.7. The van der Waals surface area contributed by atoms with Crippen LogP contribution in [0, 0.1) is 5.41 Å². The van der Waals surface area contributed by atoms with Crippen LogP contribution in [0.25, 0.3) is 10.9 Å². The molecule has 0 radical (unpaired) electrons. The number of nitrogens with zero attached hydrogens (tertiary/aromatic N) is 3. The van der Waals surface area contributed by atoms with Crippen LogP contribution in [-0.2, 0) is 5.41 Å². The van der Waals surface area contributed by atoms with E-state index in [1.54, 1.807) is 18.3 Å². The molecule has 0 atom stereocenters. The molecule has 0 spiro atoms. The summed E-state index contributed by atoms with van der Waals surface area (Å²) in [6.45, 7) is 12.9. The Hall–Kier alpha value is -2.18. The minimum absolute atomic E-state index is 0.0338. The molecule has 2 aromatic carbocycles. The second-order valence-electron chi connectivity index (χ2n) is 9.75. The van der Waals surface area contributed by atoms with Crippen LogP contribution in [-0.4, -0.2) is 22.5 Å². The van der Waals surface area contributed by atoms with E-state index in [9.17, 15) is 4.79 Å². The maximum absolute atomic E-state index is 13.2. The van der Waals surface area contributed by atoms with E-state index < -0.39 is 0 Å². The summed E-state index contributed by atoms with van der Waals surface area (Å²) in [5.74, 6) is 1.21. The van der Waals surface area contributed by atoms with Gasteiger partial charge in [-0.05, 0) is 47.4 Å². The molecule has 1 heterocycles. The molecule has 0 N–H and O–H groups in total. The van der Waals surface area contributed by atoms with E-state index in [0.29, 0.717) is 34.1 Å². The Morgan fingerprint density at radius 1 is 1.13 bits per heavy atom. The normalized spacial score (nSPS) is 12.6. The van der Waals surface area contributed by atoms with E-state index in [1.807, 2.05) is 45.0 Å². The highest BCUT2D eigenvalue weighted by atomic mass is 79.9. The van der Waals surface area contributed by atoms with E-state index in [2.05, 4.69) is 41.8 Å². The highest BCUT2D eigenvalue weighted by molar-refractivity contribution is 9.10. The van der Waals surface area contributed by atoms with Gasteiger partial charge in [-0.2, -0.15) is 9.78 Å². The molecule has 0 saturated carbocycles. The molecular weight excluding hydrogens is 478 g/mol. The number of hydrogen-bond acceptors (Lipinski definition) is 4. The number of aromatic nitrogens is 2. The smallest absolute Gasteiger partial charge is 0.282 e. The number of hydrogen-bond donors (Lipinski definition) is 0. The van der Waals surface area contributed by atoms with Gasteiger partial charge in [-0.15, -0.1) is 0 Å². The Kier molecular flexibility index (Phi) is 6.63. The molecule has 3 rings (SSSR count). The molecule has 1 aromatic heterocycles. The highest BCUT2D eigenvalue weighted by Crippen LogP contribution is 2.27. The van der Waals surface area contributed by atoms with Gasteiger partial charge in [-0.3, -0.25) is 4.79 Å². The first kappa shape index (κ1) is 23.5. The van der Waals surface area contributed by atoms with Crippen LogP contribution in [0.1, 0.15) is 52.9 Å². The first-order valence-electron chi connectivity index (χ1n) is 10.0. The summed E-state index contributed by atoms with van der Waals surface area (Å²) < 4.78 is 8.00. The lowest BCUT2D eigenvalue weighted by molar-refractivity contribution is 0.198. The third kappa shape index (κ3) is 5.74. The SMILES string of the molecule is CC(C)(C)COc1ccc(C=Nn2c(C(C)(C)C)nc3ccc(Br)cc3c2=O)cc1Cl. The van der Waals surface area contributed by atoms with E-state index in [0.717, 1.165) is 10.0 Å². The van der Waals surface area contributed by atoms with Crippen molar-refractivity contribution in [2.75, 3.05) is 6.61 Å². The summed E-state index contributed by atoms with van der Waals surface area (Å²) in [4.78, 5) is 17.9. The summed E-state index contributed by atoms with van der Waals surface area (Å²) >= 11 is 9.82. The van der Waals surface area contributed by atoms with Crippen molar-refractivity contribution in [2.24, 2.45) is 10.5 Å². The molecule has 0 aliphatic rings. The lowest BCUT2D eigenvalue weighted by Gasteiger charge is -2.21. The fraction of sp³-hybridized carbons (Fsp3) is 0.375. The zero-order valence-corrected chi connectivity index (χ0v) is 21.0. The number of benzene rings is 2. The molecule has 0 aliphatic carbocycles. The molecular formula is C24H27BrClN3O2. The zero-order chi connectivity index (χ0) is 23.0. The lowest BCUT2D eigenvalue weighted by atomic mass is 9.95. The summed E-state index contributed by atoms with van der Waals surface area (Å²) in [5.41, 5.74) is 0.845. The monoisotopic (exact) mass is 503 g/mol. The molecule has 7 heteroatoms. The number of rotatable bonds is 4. The van der Waals surface area contributed by atoms with Crippen LogP contribution < -0.4 is 10.3 Å². The summed E-state index contributed by atoms with van der Waals surface area (Å²) in [6, 6.07) is 10.9. The molecule has 0 amide bonds. The molecule has 0 saturated heterocycles. The second-order valence-corrected chi connectivity index (χ2v) is 11.1. The van der Waals surface area contributed by atoms with Crippen molar-refractivity contribution < 1.29 is 4.74 Å². The maximum Gasteiger partial charge on any atom is 0.282 e. The minimum atomic E-state index is -0.375. The molecule has 0 aliphatic heterocycles. The third-order valence-corrected chi connectivity index (χ3v) is 5.21. The fourth-order valence-corrected chi connectivity index (χ4v) is 3.48. The molecule has 0 fully saturated rings. The second kappa shape index (κ2) is 8.75. The van der Waals surface area contributed by atoms with Crippen molar-refractivity contribution in [1.29, 1.82) is 0 Å². The Bertz CT molecular complexity index is 1200. The average molecular weight is 505 g/mol. The summed E-state index contributed by atoms with van der Waals surface area (Å²) in [7, 11) is 0. The van der Waals surface area contributed by atoms with E-state index in [-0.39, 0.29) is 16.4 Å². The molecule has 0 bridgehead atoms.